The van der Waals surface area contributed by atoms with Crippen LogP contribution in [0.25, 0.3) is 11.3 Å². The van der Waals surface area contributed by atoms with Crippen LogP contribution in [0.3, 0.4) is 0 Å². The quantitative estimate of drug-likeness (QED) is 0.870. The van der Waals surface area contributed by atoms with Crippen molar-refractivity contribution in [3.05, 3.63) is 45.3 Å². The van der Waals surface area contributed by atoms with E-state index < -0.39 is 23.5 Å². The lowest BCUT2D eigenvalue weighted by molar-refractivity contribution is -0.137. The van der Waals surface area contributed by atoms with Crippen LogP contribution in [0.15, 0.2) is 27.4 Å². The molecule has 0 spiro atoms. The average Bonchev–Trinajstić information content (AvgIpc) is 2.51. The van der Waals surface area contributed by atoms with Crippen molar-refractivity contribution in [2.24, 2.45) is 0 Å². The SMILES string of the molecule is CCCC1Oc2cc(C(F)(F)F)ccc2-c2oc(=O)c(C)c(O)c21. The van der Waals surface area contributed by atoms with Crippen LogP contribution in [0.5, 0.6) is 11.5 Å². The van der Waals surface area contributed by atoms with Crippen LogP contribution >= 0.6 is 0 Å². The van der Waals surface area contributed by atoms with Crippen LogP contribution in [0.4, 0.5) is 13.2 Å². The molecule has 1 unspecified atom stereocenters. The summed E-state index contributed by atoms with van der Waals surface area (Å²) < 4.78 is 49.7. The Morgan fingerprint density at radius 2 is 2.00 bits per heavy atom. The maximum Gasteiger partial charge on any atom is 0.416 e. The maximum atomic E-state index is 12.9. The third-order valence-electron chi connectivity index (χ3n) is 4.05. The first-order valence-corrected chi connectivity index (χ1v) is 7.48. The zero-order valence-corrected chi connectivity index (χ0v) is 13.0. The van der Waals surface area contributed by atoms with Gasteiger partial charge in [-0.3, -0.25) is 0 Å². The van der Waals surface area contributed by atoms with E-state index in [9.17, 15) is 23.1 Å². The highest BCUT2D eigenvalue weighted by molar-refractivity contribution is 5.74. The number of rotatable bonds is 2. The van der Waals surface area contributed by atoms with Crippen LogP contribution in [-0.4, -0.2) is 5.11 Å². The standard InChI is InChI=1S/C17H15F3O4/c1-3-4-11-13-14(21)8(2)16(22)24-15(13)10-6-5-9(17(18,19)20)7-12(10)23-11/h5-7,11,21H,3-4H2,1-2H3. The minimum absolute atomic E-state index is 0.0119. The Bertz CT molecular complexity index is 852. The summed E-state index contributed by atoms with van der Waals surface area (Å²) in [6, 6.07) is 2.97. The molecule has 0 saturated heterocycles. The highest BCUT2D eigenvalue weighted by Crippen LogP contribution is 2.48. The van der Waals surface area contributed by atoms with Gasteiger partial charge in [-0.1, -0.05) is 13.3 Å². The highest BCUT2D eigenvalue weighted by Gasteiger charge is 2.36. The van der Waals surface area contributed by atoms with Gasteiger partial charge in [0.05, 0.1) is 22.3 Å². The molecule has 24 heavy (non-hydrogen) atoms. The normalized spacial score (nSPS) is 16.3. The van der Waals surface area contributed by atoms with Gasteiger partial charge >= 0.3 is 11.8 Å². The van der Waals surface area contributed by atoms with Gasteiger partial charge in [0.2, 0.25) is 0 Å². The third kappa shape index (κ3) is 2.53. The lowest BCUT2D eigenvalue weighted by atomic mass is 9.93. The van der Waals surface area contributed by atoms with Gasteiger partial charge in [0.25, 0.3) is 0 Å². The summed E-state index contributed by atoms with van der Waals surface area (Å²) >= 11 is 0. The minimum atomic E-state index is -4.50. The largest absolute Gasteiger partial charge is 0.507 e. The number of halogens is 3. The van der Waals surface area contributed by atoms with Gasteiger partial charge < -0.3 is 14.3 Å². The van der Waals surface area contributed by atoms with Crippen molar-refractivity contribution in [3.63, 3.8) is 0 Å². The summed E-state index contributed by atoms with van der Waals surface area (Å²) in [5.74, 6) is -0.177. The van der Waals surface area contributed by atoms with Gasteiger partial charge in [0.1, 0.15) is 17.6 Å². The van der Waals surface area contributed by atoms with Crippen LogP contribution in [-0.2, 0) is 6.18 Å². The number of alkyl halides is 3. The molecular formula is C17H15F3O4. The minimum Gasteiger partial charge on any atom is -0.507 e. The van der Waals surface area contributed by atoms with Crippen molar-refractivity contribution in [2.45, 2.75) is 39.0 Å². The number of hydrogen-bond acceptors (Lipinski definition) is 4. The number of fused-ring (bicyclic) bond motifs is 3. The van der Waals surface area contributed by atoms with E-state index in [-0.39, 0.29) is 28.4 Å². The number of benzene rings is 1. The molecule has 0 saturated carbocycles. The molecule has 1 aromatic heterocycles. The molecule has 0 fully saturated rings. The molecule has 1 aliphatic heterocycles. The highest BCUT2D eigenvalue weighted by atomic mass is 19.4. The molecule has 1 atom stereocenters. The zero-order chi connectivity index (χ0) is 17.6. The van der Waals surface area contributed by atoms with Crippen LogP contribution in [0, 0.1) is 6.92 Å². The molecule has 7 heteroatoms. The Balaban J connectivity index is 2.26. The van der Waals surface area contributed by atoms with Gasteiger partial charge in [0.15, 0.2) is 5.76 Å². The molecule has 128 valence electrons. The summed E-state index contributed by atoms with van der Waals surface area (Å²) in [4.78, 5) is 11.9. The molecule has 0 bridgehead atoms. The fourth-order valence-corrected chi connectivity index (χ4v) is 2.79. The molecule has 2 aromatic rings. The van der Waals surface area contributed by atoms with Crippen molar-refractivity contribution < 1.29 is 27.4 Å². The fourth-order valence-electron chi connectivity index (χ4n) is 2.79. The van der Waals surface area contributed by atoms with Crippen LogP contribution in [0.1, 0.15) is 42.6 Å². The van der Waals surface area contributed by atoms with Gasteiger partial charge in [-0.2, -0.15) is 13.2 Å². The molecular weight excluding hydrogens is 325 g/mol. The molecule has 0 amide bonds. The summed E-state index contributed by atoms with van der Waals surface area (Å²) in [6.45, 7) is 3.31. The van der Waals surface area contributed by atoms with Crippen molar-refractivity contribution >= 4 is 0 Å². The number of aromatic hydroxyl groups is 1. The van der Waals surface area contributed by atoms with E-state index in [2.05, 4.69) is 0 Å². The second-order valence-electron chi connectivity index (χ2n) is 5.71. The average molecular weight is 340 g/mol. The van der Waals surface area contributed by atoms with E-state index in [1.54, 1.807) is 0 Å². The van der Waals surface area contributed by atoms with Crippen LogP contribution in [0.2, 0.25) is 0 Å². The van der Waals surface area contributed by atoms with Gasteiger partial charge in [-0.15, -0.1) is 0 Å². The van der Waals surface area contributed by atoms with E-state index >= 15 is 0 Å². The summed E-state index contributed by atoms with van der Waals surface area (Å²) in [5.41, 5.74) is -0.999. The second kappa shape index (κ2) is 5.58. The van der Waals surface area contributed by atoms with Crippen molar-refractivity contribution in [1.82, 2.24) is 0 Å². The molecule has 1 aliphatic rings. The van der Waals surface area contributed by atoms with Crippen LogP contribution < -0.4 is 10.4 Å². The maximum absolute atomic E-state index is 12.9. The first-order valence-electron chi connectivity index (χ1n) is 7.48. The van der Waals surface area contributed by atoms with E-state index in [1.807, 2.05) is 6.92 Å². The van der Waals surface area contributed by atoms with Gasteiger partial charge in [-0.05, 0) is 31.5 Å². The molecule has 3 rings (SSSR count). The third-order valence-corrected chi connectivity index (χ3v) is 4.05. The lowest BCUT2D eigenvalue weighted by Crippen LogP contribution is -2.19. The van der Waals surface area contributed by atoms with E-state index in [0.29, 0.717) is 18.4 Å². The Labute approximate surface area is 135 Å². The van der Waals surface area contributed by atoms with Crippen molar-refractivity contribution in [3.8, 4) is 22.8 Å². The summed E-state index contributed by atoms with van der Waals surface area (Å²) in [6.07, 6.45) is -4.04. The summed E-state index contributed by atoms with van der Waals surface area (Å²) in [5, 5.41) is 10.3. The van der Waals surface area contributed by atoms with Crippen molar-refractivity contribution in [1.29, 1.82) is 0 Å². The predicted molar refractivity (Wildman–Crippen MR) is 80.1 cm³/mol. The molecule has 4 nitrogen and oxygen atoms in total. The number of ether oxygens (including phenoxy) is 1. The number of hydrogen-bond donors (Lipinski definition) is 1. The van der Waals surface area contributed by atoms with Crippen molar-refractivity contribution in [2.75, 3.05) is 0 Å². The second-order valence-corrected chi connectivity index (χ2v) is 5.71. The topological polar surface area (TPSA) is 59.7 Å². The molecule has 0 aliphatic carbocycles. The Hall–Kier alpha value is -2.44. The lowest BCUT2D eigenvalue weighted by Gasteiger charge is -2.28. The fraction of sp³-hybridized carbons (Fsp3) is 0.353. The zero-order valence-electron chi connectivity index (χ0n) is 13.0. The molecule has 1 N–H and O–H groups in total. The molecule has 1 aromatic carbocycles. The Morgan fingerprint density at radius 3 is 2.62 bits per heavy atom. The monoisotopic (exact) mass is 340 g/mol. The van der Waals surface area contributed by atoms with E-state index in [1.165, 1.54) is 13.0 Å². The van der Waals surface area contributed by atoms with Gasteiger partial charge in [0, 0.05) is 0 Å². The Morgan fingerprint density at radius 1 is 1.29 bits per heavy atom. The molecule has 2 heterocycles. The Kier molecular flexibility index (Phi) is 3.81. The van der Waals surface area contributed by atoms with Gasteiger partial charge in [-0.25, -0.2) is 4.79 Å². The first kappa shape index (κ1) is 16.4. The summed E-state index contributed by atoms with van der Waals surface area (Å²) in [7, 11) is 0. The predicted octanol–water partition coefficient (Wildman–Crippen LogP) is 4.57. The molecule has 0 radical (unpaired) electrons. The smallest absolute Gasteiger partial charge is 0.416 e. The first-order chi connectivity index (χ1) is 11.2. The van der Waals surface area contributed by atoms with E-state index in [4.69, 9.17) is 9.15 Å². The van der Waals surface area contributed by atoms with E-state index in [0.717, 1.165) is 12.1 Å².